The first-order valence-electron chi connectivity index (χ1n) is 11.7. The van der Waals surface area contributed by atoms with Gasteiger partial charge < -0.3 is 19.5 Å². The zero-order chi connectivity index (χ0) is 27.5. The lowest BCUT2D eigenvalue weighted by Gasteiger charge is -2.12. The summed E-state index contributed by atoms with van der Waals surface area (Å²) >= 11 is 0. The average Bonchev–Trinajstić information content (AvgIpc) is 3.54. The highest BCUT2D eigenvalue weighted by molar-refractivity contribution is 6.02. The molecule has 5 rings (SSSR count). The number of anilines is 1. The molecule has 0 fully saturated rings. The van der Waals surface area contributed by atoms with Crippen LogP contribution < -0.4 is 19.5 Å². The van der Waals surface area contributed by atoms with Crippen LogP contribution in [-0.4, -0.2) is 56.8 Å². The Morgan fingerprint density at radius 2 is 1.69 bits per heavy atom. The molecule has 0 spiro atoms. The molecule has 11 nitrogen and oxygen atoms in total. The van der Waals surface area contributed by atoms with Gasteiger partial charge >= 0.3 is 0 Å². The number of benzene rings is 2. The monoisotopic (exact) mass is 529 g/mol. The van der Waals surface area contributed by atoms with E-state index in [1.54, 1.807) is 54.2 Å². The molecule has 0 aliphatic carbocycles. The Balaban J connectivity index is 1.44. The predicted octanol–water partition coefficient (Wildman–Crippen LogP) is 4.13. The Morgan fingerprint density at radius 1 is 0.974 bits per heavy atom. The Kier molecular flexibility index (Phi) is 6.91. The zero-order valence-electron chi connectivity index (χ0n) is 21.5. The van der Waals surface area contributed by atoms with E-state index in [-0.39, 0.29) is 5.82 Å². The third-order valence-corrected chi connectivity index (χ3v) is 5.81. The summed E-state index contributed by atoms with van der Waals surface area (Å²) in [4.78, 5) is 21.6. The maximum Gasteiger partial charge on any atom is 0.249 e. The van der Waals surface area contributed by atoms with Crippen molar-refractivity contribution in [2.24, 2.45) is 0 Å². The number of hydrogen-bond donors (Lipinski definition) is 1. The predicted molar refractivity (Wildman–Crippen MR) is 142 cm³/mol. The number of carbonyl (C=O) groups is 1. The smallest absolute Gasteiger partial charge is 0.249 e. The number of nitrogens with zero attached hydrogens (tertiary/aromatic N) is 6. The normalized spacial score (nSPS) is 11.2. The Bertz CT molecular complexity index is 1670. The molecule has 39 heavy (non-hydrogen) atoms. The standard InChI is InChI=1S/C27H24FN7O4/c1-16-11-23(32-24(36)10-5-17-12-21(37-2)25(39-4)22(13-17)38-3)35(33-16)27-20-14-31-34(26(20)29-15-30-27)19-8-6-18(28)7-9-19/h5-15H,1-4H3,(H,32,36)/b10-5+. The SMILES string of the molecule is COc1cc(/C=C/C(=O)Nc2cc(C)nn2-c2ncnc3c2cnn3-c2ccc(F)cc2)cc(OC)c1OC. The van der Waals surface area contributed by atoms with Gasteiger partial charge in [0.15, 0.2) is 23.0 Å². The molecule has 0 aliphatic rings. The van der Waals surface area contributed by atoms with E-state index in [4.69, 9.17) is 14.2 Å². The molecule has 3 heterocycles. The van der Waals surface area contributed by atoms with Crippen LogP contribution in [0, 0.1) is 12.7 Å². The minimum absolute atomic E-state index is 0.350. The largest absolute Gasteiger partial charge is 0.493 e. The Morgan fingerprint density at radius 3 is 2.36 bits per heavy atom. The number of halogens is 1. The third kappa shape index (κ3) is 4.99. The fourth-order valence-corrected chi connectivity index (χ4v) is 4.06. The molecular weight excluding hydrogens is 505 g/mol. The summed E-state index contributed by atoms with van der Waals surface area (Å²) in [6.07, 6.45) is 5.99. The first kappa shape index (κ1) is 25.4. The molecule has 0 saturated carbocycles. The second-order valence-electron chi connectivity index (χ2n) is 8.33. The maximum absolute atomic E-state index is 13.4. The van der Waals surface area contributed by atoms with Crippen molar-refractivity contribution >= 4 is 28.8 Å². The van der Waals surface area contributed by atoms with Crippen molar-refractivity contribution in [3.8, 4) is 28.8 Å². The molecular formula is C27H24FN7O4. The van der Waals surface area contributed by atoms with E-state index in [9.17, 15) is 9.18 Å². The van der Waals surface area contributed by atoms with Crippen LogP contribution in [-0.2, 0) is 4.79 Å². The van der Waals surface area contributed by atoms with Crippen LogP contribution in [0.3, 0.4) is 0 Å². The van der Waals surface area contributed by atoms with Crippen LogP contribution in [0.1, 0.15) is 11.3 Å². The molecule has 0 atom stereocenters. The highest BCUT2D eigenvalue weighted by Crippen LogP contribution is 2.38. The molecule has 3 aromatic heterocycles. The number of carbonyl (C=O) groups excluding carboxylic acids is 1. The lowest BCUT2D eigenvalue weighted by molar-refractivity contribution is -0.111. The van der Waals surface area contributed by atoms with Gasteiger partial charge in [0, 0.05) is 12.1 Å². The van der Waals surface area contributed by atoms with E-state index in [0.717, 1.165) is 0 Å². The number of hydrogen-bond acceptors (Lipinski definition) is 8. The van der Waals surface area contributed by atoms with Crippen LogP contribution in [0.2, 0.25) is 0 Å². The summed E-state index contributed by atoms with van der Waals surface area (Å²) in [5.74, 6) is 1.49. The van der Waals surface area contributed by atoms with Crippen LogP contribution >= 0.6 is 0 Å². The first-order chi connectivity index (χ1) is 18.9. The van der Waals surface area contributed by atoms with E-state index in [0.29, 0.717) is 56.9 Å². The van der Waals surface area contributed by atoms with E-state index in [1.807, 2.05) is 0 Å². The minimum atomic E-state index is -0.391. The average molecular weight is 530 g/mol. The summed E-state index contributed by atoms with van der Waals surface area (Å²) in [6, 6.07) is 11.1. The van der Waals surface area contributed by atoms with Crippen molar-refractivity contribution in [3.63, 3.8) is 0 Å². The highest BCUT2D eigenvalue weighted by atomic mass is 19.1. The molecule has 1 N–H and O–H groups in total. The van der Waals surface area contributed by atoms with Gasteiger partial charge in [0.2, 0.25) is 11.7 Å². The molecule has 5 aromatic rings. The van der Waals surface area contributed by atoms with Crippen LogP contribution in [0.15, 0.2) is 61.1 Å². The fraction of sp³-hybridized carbons (Fsp3) is 0.148. The number of fused-ring (bicyclic) bond motifs is 1. The van der Waals surface area contributed by atoms with Crippen LogP contribution in [0.25, 0.3) is 28.6 Å². The molecule has 1 amide bonds. The lowest BCUT2D eigenvalue weighted by atomic mass is 10.1. The first-order valence-corrected chi connectivity index (χ1v) is 11.7. The van der Waals surface area contributed by atoms with Gasteiger partial charge in [0.25, 0.3) is 0 Å². The second-order valence-corrected chi connectivity index (χ2v) is 8.33. The summed E-state index contributed by atoms with van der Waals surface area (Å²) in [7, 11) is 4.57. The Labute approximate surface area is 222 Å². The number of aromatic nitrogens is 6. The van der Waals surface area contributed by atoms with Gasteiger partial charge in [-0.1, -0.05) is 0 Å². The van der Waals surface area contributed by atoms with Gasteiger partial charge in [-0.05, 0) is 55.0 Å². The molecule has 12 heteroatoms. The summed E-state index contributed by atoms with van der Waals surface area (Å²) in [5.41, 5.74) is 2.48. The molecule has 0 radical (unpaired) electrons. The number of rotatable bonds is 8. The summed E-state index contributed by atoms with van der Waals surface area (Å²) in [6.45, 7) is 1.80. The Hall–Kier alpha value is -5.26. The van der Waals surface area contributed by atoms with Crippen molar-refractivity contribution < 1.29 is 23.4 Å². The van der Waals surface area contributed by atoms with Crippen molar-refractivity contribution in [1.29, 1.82) is 0 Å². The van der Waals surface area contributed by atoms with Gasteiger partial charge in [-0.2, -0.15) is 14.9 Å². The van der Waals surface area contributed by atoms with E-state index in [1.165, 1.54) is 50.5 Å². The molecule has 198 valence electrons. The van der Waals surface area contributed by atoms with Crippen molar-refractivity contribution in [1.82, 2.24) is 29.5 Å². The quantitative estimate of drug-likeness (QED) is 0.298. The second kappa shape index (κ2) is 10.6. The molecule has 2 aromatic carbocycles. The van der Waals surface area contributed by atoms with Crippen molar-refractivity contribution in [2.45, 2.75) is 6.92 Å². The van der Waals surface area contributed by atoms with Crippen molar-refractivity contribution in [3.05, 3.63) is 78.1 Å². The van der Waals surface area contributed by atoms with E-state index >= 15 is 0 Å². The van der Waals surface area contributed by atoms with Gasteiger partial charge in [-0.15, -0.1) is 0 Å². The molecule has 0 aliphatic heterocycles. The van der Waals surface area contributed by atoms with Gasteiger partial charge in [0.1, 0.15) is 18.0 Å². The summed E-state index contributed by atoms with van der Waals surface area (Å²) in [5, 5.41) is 12.4. The number of ether oxygens (including phenoxy) is 3. The third-order valence-electron chi connectivity index (χ3n) is 5.81. The molecule has 0 bridgehead atoms. The summed E-state index contributed by atoms with van der Waals surface area (Å²) < 4.78 is 32.6. The lowest BCUT2D eigenvalue weighted by Crippen LogP contribution is -2.13. The van der Waals surface area contributed by atoms with Gasteiger partial charge in [-0.25, -0.2) is 19.0 Å². The fourth-order valence-electron chi connectivity index (χ4n) is 4.06. The number of methoxy groups -OCH3 is 3. The highest BCUT2D eigenvalue weighted by Gasteiger charge is 2.18. The number of nitrogens with one attached hydrogen (secondary N) is 1. The van der Waals surface area contributed by atoms with E-state index < -0.39 is 5.91 Å². The van der Waals surface area contributed by atoms with Gasteiger partial charge in [0.05, 0.1) is 44.3 Å². The topological polar surface area (TPSA) is 118 Å². The minimum Gasteiger partial charge on any atom is -0.493 e. The van der Waals surface area contributed by atoms with Crippen molar-refractivity contribution in [2.75, 3.05) is 26.6 Å². The molecule has 0 unspecified atom stereocenters. The number of aryl methyl sites for hydroxylation is 1. The van der Waals surface area contributed by atoms with Gasteiger partial charge in [-0.3, -0.25) is 4.79 Å². The molecule has 0 saturated heterocycles. The zero-order valence-corrected chi connectivity index (χ0v) is 21.5. The number of amides is 1. The van der Waals surface area contributed by atoms with Crippen LogP contribution in [0.4, 0.5) is 10.2 Å². The maximum atomic E-state index is 13.4. The van der Waals surface area contributed by atoms with E-state index in [2.05, 4.69) is 25.5 Å². The van der Waals surface area contributed by atoms with Crippen LogP contribution in [0.5, 0.6) is 17.2 Å².